The van der Waals surface area contributed by atoms with Crippen molar-refractivity contribution >= 4 is 21.9 Å². The van der Waals surface area contributed by atoms with E-state index in [-0.39, 0.29) is 11.9 Å². The van der Waals surface area contributed by atoms with Gasteiger partial charge in [-0.25, -0.2) is 5.01 Å². The first kappa shape index (κ1) is 21.0. The van der Waals surface area contributed by atoms with Crippen LogP contribution in [0.1, 0.15) is 30.9 Å². The summed E-state index contributed by atoms with van der Waals surface area (Å²) in [5.74, 6) is 0.220. The van der Waals surface area contributed by atoms with Crippen molar-refractivity contribution in [2.75, 3.05) is 26.7 Å². The number of nitrogens with zero attached hydrogens (tertiary/aromatic N) is 4. The third-order valence-electron chi connectivity index (χ3n) is 4.89. The first-order chi connectivity index (χ1) is 14.0. The Morgan fingerprint density at radius 2 is 1.69 bits per heavy atom. The Kier molecular flexibility index (Phi) is 6.66. The van der Waals surface area contributed by atoms with Crippen molar-refractivity contribution in [1.29, 1.82) is 0 Å². The van der Waals surface area contributed by atoms with E-state index in [0.717, 1.165) is 16.8 Å². The van der Waals surface area contributed by atoms with Crippen LogP contribution in [0.4, 0.5) is 0 Å². The third-order valence-corrected chi connectivity index (χ3v) is 6.46. The maximum absolute atomic E-state index is 12.6. The van der Waals surface area contributed by atoms with Gasteiger partial charge < -0.3 is 5.32 Å². The van der Waals surface area contributed by atoms with Crippen molar-refractivity contribution in [3.8, 4) is 0 Å². The average Bonchev–Trinajstić information content (AvgIpc) is 3.19. The summed E-state index contributed by atoms with van der Waals surface area (Å²) in [5.41, 5.74) is 3.02. The molecule has 0 radical (unpaired) electrons. The molecule has 0 aromatic heterocycles. The zero-order valence-electron chi connectivity index (χ0n) is 17.0. The number of nitrogens with one attached hydrogen (secondary N) is 1. The van der Waals surface area contributed by atoms with Gasteiger partial charge in [0.2, 0.25) is 5.96 Å². The first-order valence-electron chi connectivity index (χ1n) is 9.74. The summed E-state index contributed by atoms with van der Waals surface area (Å²) < 4.78 is 30.6. The zero-order chi connectivity index (χ0) is 20.9. The zero-order valence-corrected chi connectivity index (χ0v) is 17.8. The molecule has 8 heteroatoms. The summed E-state index contributed by atoms with van der Waals surface area (Å²) in [6, 6.07) is 20.0. The lowest BCUT2D eigenvalue weighted by Gasteiger charge is -2.20. The van der Waals surface area contributed by atoms with E-state index in [4.69, 9.17) is 5.10 Å². The molecular weight excluding hydrogens is 386 g/mol. The second-order valence-corrected chi connectivity index (χ2v) is 8.22. The summed E-state index contributed by atoms with van der Waals surface area (Å²) in [6.45, 7) is 4.82. The molecule has 0 saturated heterocycles. The fourth-order valence-corrected chi connectivity index (χ4v) is 4.56. The number of guanidine groups is 1. The molecule has 0 fully saturated rings. The molecule has 0 aliphatic carbocycles. The number of benzene rings is 2. The number of hydrazone groups is 1. The predicted octanol–water partition coefficient (Wildman–Crippen LogP) is 2.65. The van der Waals surface area contributed by atoms with Crippen LogP contribution in [0.25, 0.3) is 0 Å². The molecule has 2 aromatic carbocycles. The summed E-state index contributed by atoms with van der Waals surface area (Å²) >= 11 is 0. The van der Waals surface area contributed by atoms with E-state index in [0.29, 0.717) is 19.6 Å². The Morgan fingerprint density at radius 3 is 2.24 bits per heavy atom. The molecule has 1 heterocycles. The van der Waals surface area contributed by atoms with Crippen LogP contribution in [0, 0.1) is 0 Å². The standard InChI is InChI=1S/C21H27N5O2S/c1-4-25(5-2)29(27,28)24-21(22-3)26-16-19(17-12-8-6-9-13-17)20(23-26)18-14-10-7-11-15-18/h6-15,19H,4-5,16H2,1-3H3,(H,22,24). The van der Waals surface area contributed by atoms with Gasteiger partial charge in [-0.05, 0) is 11.1 Å². The van der Waals surface area contributed by atoms with Gasteiger partial charge in [0.1, 0.15) is 0 Å². The second kappa shape index (κ2) is 9.19. The van der Waals surface area contributed by atoms with Crippen LogP contribution >= 0.6 is 0 Å². The van der Waals surface area contributed by atoms with Crippen LogP contribution in [-0.2, 0) is 10.2 Å². The molecular formula is C21H27N5O2S. The second-order valence-electron chi connectivity index (χ2n) is 6.62. The van der Waals surface area contributed by atoms with Crippen molar-refractivity contribution in [1.82, 2.24) is 14.6 Å². The summed E-state index contributed by atoms with van der Waals surface area (Å²) in [6.07, 6.45) is 0. The largest absolute Gasteiger partial charge is 0.357 e. The molecule has 29 heavy (non-hydrogen) atoms. The molecule has 0 spiro atoms. The lowest BCUT2D eigenvalue weighted by atomic mass is 9.91. The molecule has 1 N–H and O–H groups in total. The van der Waals surface area contributed by atoms with Gasteiger partial charge in [-0.2, -0.15) is 17.8 Å². The molecule has 1 aliphatic rings. The number of hydrogen-bond donors (Lipinski definition) is 1. The van der Waals surface area contributed by atoms with Crippen molar-refractivity contribution < 1.29 is 8.42 Å². The topological polar surface area (TPSA) is 77.4 Å². The van der Waals surface area contributed by atoms with Gasteiger partial charge in [-0.15, -0.1) is 4.40 Å². The maximum Gasteiger partial charge on any atom is 0.325 e. The normalized spacial score (nSPS) is 17.5. The Hall–Kier alpha value is -2.71. The highest BCUT2D eigenvalue weighted by Gasteiger charge is 2.32. The minimum absolute atomic E-state index is 0.00769. The van der Waals surface area contributed by atoms with Gasteiger partial charge in [0, 0.05) is 26.1 Å². The van der Waals surface area contributed by atoms with E-state index in [1.807, 2.05) is 48.5 Å². The Morgan fingerprint density at radius 1 is 1.10 bits per heavy atom. The van der Waals surface area contributed by atoms with E-state index >= 15 is 0 Å². The lowest BCUT2D eigenvalue weighted by molar-refractivity contribution is 0.439. The fraction of sp³-hybridized carbons (Fsp3) is 0.333. The van der Waals surface area contributed by atoms with Gasteiger partial charge in [0.05, 0.1) is 12.3 Å². The van der Waals surface area contributed by atoms with Gasteiger partial charge in [-0.1, -0.05) is 74.5 Å². The van der Waals surface area contributed by atoms with Crippen LogP contribution in [0.3, 0.4) is 0 Å². The van der Waals surface area contributed by atoms with Crippen molar-refractivity contribution in [2.45, 2.75) is 19.8 Å². The van der Waals surface area contributed by atoms with Crippen LogP contribution in [0.5, 0.6) is 0 Å². The van der Waals surface area contributed by atoms with E-state index in [2.05, 4.69) is 21.8 Å². The third kappa shape index (κ3) is 4.65. The summed E-state index contributed by atoms with van der Waals surface area (Å²) in [4.78, 5) is 0. The monoisotopic (exact) mass is 413 g/mol. The molecule has 0 amide bonds. The molecule has 0 saturated carbocycles. The minimum Gasteiger partial charge on any atom is -0.357 e. The van der Waals surface area contributed by atoms with E-state index in [9.17, 15) is 8.42 Å². The molecule has 1 atom stereocenters. The summed E-state index contributed by atoms with van der Waals surface area (Å²) in [5, 5.41) is 9.31. The average molecular weight is 414 g/mol. The van der Waals surface area contributed by atoms with Crippen molar-refractivity contribution in [2.24, 2.45) is 9.50 Å². The van der Waals surface area contributed by atoms with E-state index < -0.39 is 10.2 Å². The molecule has 7 nitrogen and oxygen atoms in total. The van der Waals surface area contributed by atoms with Crippen LogP contribution in [0.2, 0.25) is 0 Å². The smallest absolute Gasteiger partial charge is 0.325 e. The van der Waals surface area contributed by atoms with Gasteiger partial charge in [-0.3, -0.25) is 0 Å². The van der Waals surface area contributed by atoms with Gasteiger partial charge in [0.25, 0.3) is 0 Å². The van der Waals surface area contributed by atoms with E-state index in [1.54, 1.807) is 25.9 Å². The lowest BCUT2D eigenvalue weighted by Crippen LogP contribution is -2.38. The molecule has 1 unspecified atom stereocenters. The minimum atomic E-state index is -3.79. The highest BCUT2D eigenvalue weighted by Crippen LogP contribution is 2.28. The Bertz CT molecular complexity index is 971. The molecule has 3 rings (SSSR count). The number of hydrogen-bond acceptors (Lipinski definition) is 3. The van der Waals surface area contributed by atoms with Crippen LogP contribution in [-0.4, -0.2) is 56.1 Å². The van der Waals surface area contributed by atoms with Gasteiger partial charge in [0.15, 0.2) is 0 Å². The van der Waals surface area contributed by atoms with Crippen LogP contribution in [0.15, 0.2) is 70.2 Å². The molecule has 0 bridgehead atoms. The van der Waals surface area contributed by atoms with E-state index in [1.165, 1.54) is 4.31 Å². The summed E-state index contributed by atoms with van der Waals surface area (Å²) in [7, 11) is -2.13. The van der Waals surface area contributed by atoms with Crippen LogP contribution < -0.4 is 5.32 Å². The number of rotatable bonds is 6. The predicted molar refractivity (Wildman–Crippen MR) is 117 cm³/mol. The SMILES string of the molecule is CCN(CC)S(=O)(=O)/N=C(/NC)N1CC(c2ccccc2)C(c2ccccc2)=N1. The molecule has 2 aromatic rings. The van der Waals surface area contributed by atoms with Crippen molar-refractivity contribution in [3.63, 3.8) is 0 Å². The first-order valence-corrected chi connectivity index (χ1v) is 11.1. The fourth-order valence-electron chi connectivity index (χ4n) is 3.39. The van der Waals surface area contributed by atoms with Gasteiger partial charge >= 0.3 is 10.2 Å². The van der Waals surface area contributed by atoms with Crippen molar-refractivity contribution in [3.05, 3.63) is 71.8 Å². The molecule has 1 aliphatic heterocycles. The highest BCUT2D eigenvalue weighted by molar-refractivity contribution is 7.87. The highest BCUT2D eigenvalue weighted by atomic mass is 32.2. The molecule has 154 valence electrons. The Balaban J connectivity index is 2.01. The maximum atomic E-state index is 12.6. The quantitative estimate of drug-likeness (QED) is 0.583. The Labute approximate surface area is 172 Å².